The molecule has 0 spiro atoms. The predicted molar refractivity (Wildman–Crippen MR) is 70.0 cm³/mol. The van der Waals surface area contributed by atoms with E-state index in [-0.39, 0.29) is 0 Å². The van der Waals surface area contributed by atoms with Crippen molar-refractivity contribution in [1.29, 1.82) is 0 Å². The molecule has 4 nitrogen and oxygen atoms in total. The fraction of sp³-hybridized carbons (Fsp3) is 1.00. The number of hydrogen-bond donors (Lipinski definition) is 0. The first-order valence-corrected chi connectivity index (χ1v) is 8.54. The van der Waals surface area contributed by atoms with Crippen molar-refractivity contribution in [1.82, 2.24) is 4.90 Å². The summed E-state index contributed by atoms with van der Waals surface area (Å²) in [5, 5.41) is 0. The van der Waals surface area contributed by atoms with Crippen LogP contribution < -0.4 is 0 Å². The maximum atomic E-state index is 5.80. The van der Waals surface area contributed by atoms with Crippen molar-refractivity contribution in [3.63, 3.8) is 0 Å². The first-order valence-electron chi connectivity index (χ1n) is 6.31. The Morgan fingerprint density at radius 3 is 1.62 bits per heavy atom. The van der Waals surface area contributed by atoms with Crippen LogP contribution >= 0.6 is 0 Å². The molecule has 16 heavy (non-hydrogen) atoms. The minimum atomic E-state index is -2.70. The summed E-state index contributed by atoms with van der Waals surface area (Å²) in [5.41, 5.74) is 0. The third-order valence-electron chi connectivity index (χ3n) is 2.42. The fourth-order valence-corrected chi connectivity index (χ4v) is 4.81. The summed E-state index contributed by atoms with van der Waals surface area (Å²) < 4.78 is 17.4. The summed E-state index contributed by atoms with van der Waals surface area (Å²) in [5.74, 6) is 0. The number of hydrogen-bond acceptors (Lipinski definition) is 4. The van der Waals surface area contributed by atoms with Crippen LogP contribution in [0, 0.1) is 0 Å². The second-order valence-electron chi connectivity index (χ2n) is 4.10. The van der Waals surface area contributed by atoms with Gasteiger partial charge in [0.15, 0.2) is 0 Å². The second-order valence-corrected chi connectivity index (χ2v) is 7.25. The normalized spacial score (nSPS) is 13.4. The van der Waals surface area contributed by atoms with Gasteiger partial charge in [0.2, 0.25) is 0 Å². The fourth-order valence-electron chi connectivity index (χ4n) is 1.81. The van der Waals surface area contributed by atoms with Gasteiger partial charge in [0.25, 0.3) is 0 Å². The summed E-state index contributed by atoms with van der Waals surface area (Å²) in [4.78, 5) is 2.17. The quantitative estimate of drug-likeness (QED) is 0.552. The van der Waals surface area contributed by atoms with Gasteiger partial charge in [-0.2, -0.15) is 0 Å². The van der Waals surface area contributed by atoms with Crippen LogP contribution in [0.3, 0.4) is 0 Å². The molecule has 0 heterocycles. The van der Waals surface area contributed by atoms with Crippen LogP contribution in [0.25, 0.3) is 0 Å². The van der Waals surface area contributed by atoms with E-state index in [1.54, 1.807) is 0 Å². The van der Waals surface area contributed by atoms with Crippen LogP contribution in [0.4, 0.5) is 0 Å². The molecule has 0 N–H and O–H groups in total. The number of nitrogens with zero attached hydrogens (tertiary/aromatic N) is 1. The number of rotatable bonds is 10. The van der Waals surface area contributed by atoms with Gasteiger partial charge in [-0.15, -0.1) is 0 Å². The summed E-state index contributed by atoms with van der Waals surface area (Å²) in [6.45, 7) is 9.07. The Morgan fingerprint density at radius 1 is 0.875 bits per heavy atom. The molecule has 0 aromatic heterocycles. The molecule has 0 aliphatic carbocycles. The third kappa shape index (κ3) is 6.60. The zero-order chi connectivity index (χ0) is 12.4. The van der Waals surface area contributed by atoms with E-state index in [0.29, 0.717) is 19.8 Å². The van der Waals surface area contributed by atoms with Crippen molar-refractivity contribution in [2.24, 2.45) is 0 Å². The van der Waals surface area contributed by atoms with E-state index in [1.807, 2.05) is 20.8 Å². The van der Waals surface area contributed by atoms with Crippen LogP contribution in [0.1, 0.15) is 27.2 Å². The van der Waals surface area contributed by atoms with Crippen LogP contribution in [-0.2, 0) is 13.3 Å². The third-order valence-corrected chi connectivity index (χ3v) is 6.06. The zero-order valence-electron chi connectivity index (χ0n) is 11.5. The van der Waals surface area contributed by atoms with Gasteiger partial charge < -0.3 is 0 Å². The Balaban J connectivity index is 4.23. The van der Waals surface area contributed by atoms with E-state index in [4.69, 9.17) is 13.3 Å². The SMILES string of the molecule is CCO[SiH-](CCCN(C)C)(OCC)OCC. The minimum absolute atomic E-state index is 0.673. The van der Waals surface area contributed by atoms with Crippen LogP contribution in [0.15, 0.2) is 0 Å². The van der Waals surface area contributed by atoms with Gasteiger partial charge in [-0.3, -0.25) is 0 Å². The van der Waals surface area contributed by atoms with E-state index in [1.165, 1.54) is 0 Å². The van der Waals surface area contributed by atoms with Crippen molar-refractivity contribution >= 4 is 8.80 Å². The molecule has 0 radical (unpaired) electrons. The molecule has 0 unspecified atom stereocenters. The average molecular weight is 250 g/mol. The van der Waals surface area contributed by atoms with E-state index in [9.17, 15) is 0 Å². The van der Waals surface area contributed by atoms with Gasteiger partial charge in [-0.1, -0.05) is 0 Å². The molecule has 5 heteroatoms. The first-order chi connectivity index (χ1) is 7.60. The molecule has 100 valence electrons. The van der Waals surface area contributed by atoms with Gasteiger partial charge in [-0.05, 0) is 0 Å². The van der Waals surface area contributed by atoms with Gasteiger partial charge >= 0.3 is 101 Å². The second kappa shape index (κ2) is 9.12. The molecule has 0 aromatic carbocycles. The molecule has 0 atom stereocenters. The molecular formula is C11H28NO3Si-. The van der Waals surface area contributed by atoms with E-state index in [0.717, 1.165) is 19.0 Å². The predicted octanol–water partition coefficient (Wildman–Crippen LogP) is 1.72. The van der Waals surface area contributed by atoms with Crippen LogP contribution in [-0.4, -0.2) is 54.2 Å². The van der Waals surface area contributed by atoms with Gasteiger partial charge in [-0.25, -0.2) is 0 Å². The summed E-state index contributed by atoms with van der Waals surface area (Å²) in [6.07, 6.45) is 1.07. The molecule has 0 bridgehead atoms. The Kier molecular flexibility index (Phi) is 9.16. The molecule has 0 aromatic rings. The van der Waals surface area contributed by atoms with Crippen molar-refractivity contribution in [3.8, 4) is 0 Å². The van der Waals surface area contributed by atoms with Crippen LogP contribution in [0.5, 0.6) is 0 Å². The molecule has 0 aliphatic heterocycles. The zero-order valence-corrected chi connectivity index (χ0v) is 12.6. The molecule has 0 fully saturated rings. The van der Waals surface area contributed by atoms with Crippen molar-refractivity contribution in [2.75, 3.05) is 40.5 Å². The molecule has 0 rings (SSSR count). The van der Waals surface area contributed by atoms with Crippen molar-refractivity contribution in [2.45, 2.75) is 33.2 Å². The van der Waals surface area contributed by atoms with E-state index >= 15 is 0 Å². The molecular weight excluding hydrogens is 222 g/mol. The maximum absolute atomic E-state index is 5.80. The topological polar surface area (TPSA) is 30.9 Å². The average Bonchev–Trinajstić information content (AvgIpc) is 2.18. The molecule has 0 saturated carbocycles. The van der Waals surface area contributed by atoms with E-state index in [2.05, 4.69) is 19.0 Å². The Hall–Kier alpha value is 0.0569. The van der Waals surface area contributed by atoms with Gasteiger partial charge in [0, 0.05) is 0 Å². The van der Waals surface area contributed by atoms with Gasteiger partial charge in [0.05, 0.1) is 0 Å². The Morgan fingerprint density at radius 2 is 1.31 bits per heavy atom. The van der Waals surface area contributed by atoms with Crippen LogP contribution in [0.2, 0.25) is 6.04 Å². The molecule has 0 aliphatic rings. The van der Waals surface area contributed by atoms with Crippen molar-refractivity contribution < 1.29 is 13.3 Å². The van der Waals surface area contributed by atoms with Gasteiger partial charge in [0.1, 0.15) is 0 Å². The standard InChI is InChI=1S/C11H28NO3Si/c1-6-13-16(14-7-2,15-8-3)11-9-10-12(4)5/h16H,6-11H2,1-5H3/q-1. The summed E-state index contributed by atoms with van der Waals surface area (Å²) in [7, 11) is 1.46. The van der Waals surface area contributed by atoms with E-state index < -0.39 is 8.80 Å². The summed E-state index contributed by atoms with van der Waals surface area (Å²) in [6, 6.07) is 0.931. The summed E-state index contributed by atoms with van der Waals surface area (Å²) >= 11 is 0. The molecule has 0 amide bonds. The monoisotopic (exact) mass is 250 g/mol. The molecule has 0 saturated heterocycles. The first kappa shape index (κ1) is 16.1. The Bertz CT molecular complexity index is 150. The Labute approximate surface area is 101 Å². The van der Waals surface area contributed by atoms with Crippen molar-refractivity contribution in [3.05, 3.63) is 0 Å².